The number of benzene rings is 1. The van der Waals surface area contributed by atoms with Gasteiger partial charge in [-0.1, -0.05) is 30.3 Å². The van der Waals surface area contributed by atoms with Crippen molar-refractivity contribution in [1.82, 2.24) is 9.80 Å². The Labute approximate surface area is 196 Å². The predicted octanol–water partition coefficient (Wildman–Crippen LogP) is 3.39. The van der Waals surface area contributed by atoms with Gasteiger partial charge < -0.3 is 19.3 Å². The van der Waals surface area contributed by atoms with Crippen molar-refractivity contribution in [2.75, 3.05) is 32.5 Å². The molecular weight excluding hydrogens is 448 g/mol. The van der Waals surface area contributed by atoms with Crippen LogP contribution in [0.2, 0.25) is 0 Å². The van der Waals surface area contributed by atoms with Crippen molar-refractivity contribution in [2.24, 2.45) is 5.41 Å². The van der Waals surface area contributed by atoms with E-state index < -0.39 is 27.9 Å². The number of nitrogens with zero attached hydrogens (tertiary/aromatic N) is 2. The molecule has 33 heavy (non-hydrogen) atoms. The SMILES string of the molecule is CC(C)(C)OC(=O)N1CCC2(CC1)CC(COS(C)(=O)=O)N(C(=O)OCc1ccccc1)C2. The van der Waals surface area contributed by atoms with E-state index in [4.69, 9.17) is 13.7 Å². The monoisotopic (exact) mass is 482 g/mol. The number of carbonyl (C=O) groups is 2. The summed E-state index contributed by atoms with van der Waals surface area (Å²) >= 11 is 0. The number of ether oxygens (including phenoxy) is 2. The molecular formula is C23H34N2O7S. The summed E-state index contributed by atoms with van der Waals surface area (Å²) in [7, 11) is -3.64. The van der Waals surface area contributed by atoms with E-state index in [0.29, 0.717) is 38.9 Å². The normalized spacial score (nSPS) is 20.7. The van der Waals surface area contributed by atoms with Crippen LogP contribution in [0.25, 0.3) is 0 Å². The van der Waals surface area contributed by atoms with Crippen LogP contribution >= 0.6 is 0 Å². The lowest BCUT2D eigenvalue weighted by Gasteiger charge is -2.39. The molecule has 0 bridgehead atoms. The maximum atomic E-state index is 12.9. The number of likely N-dealkylation sites (tertiary alicyclic amines) is 2. The summed E-state index contributed by atoms with van der Waals surface area (Å²) in [5.74, 6) is 0. The third-order valence-corrected chi connectivity index (χ3v) is 6.57. The minimum atomic E-state index is -3.64. The highest BCUT2D eigenvalue weighted by atomic mass is 32.2. The standard InChI is InChI=1S/C23H34N2O7S/c1-22(2,3)32-20(26)24-12-10-23(11-13-24)14-19(16-31-33(4,28)29)25(17-23)21(27)30-15-18-8-6-5-7-9-18/h5-9,19H,10-17H2,1-4H3. The first kappa shape index (κ1) is 25.3. The Bertz CT molecular complexity index is 935. The molecule has 1 aromatic rings. The van der Waals surface area contributed by atoms with E-state index in [1.165, 1.54) is 0 Å². The van der Waals surface area contributed by atoms with Crippen molar-refractivity contribution >= 4 is 22.3 Å². The highest BCUT2D eigenvalue weighted by Crippen LogP contribution is 2.44. The van der Waals surface area contributed by atoms with Gasteiger partial charge >= 0.3 is 12.2 Å². The molecule has 3 rings (SSSR count). The fraction of sp³-hybridized carbons (Fsp3) is 0.652. The fourth-order valence-corrected chi connectivity index (χ4v) is 4.79. The number of hydrogen-bond donors (Lipinski definition) is 0. The average Bonchev–Trinajstić information content (AvgIpc) is 3.08. The van der Waals surface area contributed by atoms with Gasteiger partial charge in [0, 0.05) is 19.6 Å². The smallest absolute Gasteiger partial charge is 0.410 e. The fourth-order valence-electron chi connectivity index (χ4n) is 4.38. The molecule has 0 radical (unpaired) electrons. The van der Waals surface area contributed by atoms with Crippen molar-refractivity contribution in [3.05, 3.63) is 35.9 Å². The van der Waals surface area contributed by atoms with Gasteiger partial charge in [0.25, 0.3) is 10.1 Å². The van der Waals surface area contributed by atoms with Crippen LogP contribution in [0.5, 0.6) is 0 Å². The maximum absolute atomic E-state index is 12.9. The number of carbonyl (C=O) groups excluding carboxylic acids is 2. The first-order valence-corrected chi connectivity index (χ1v) is 13.0. The highest BCUT2D eigenvalue weighted by Gasteiger charge is 2.48. The molecule has 2 saturated heterocycles. The quantitative estimate of drug-likeness (QED) is 0.593. The molecule has 9 nitrogen and oxygen atoms in total. The molecule has 1 spiro atoms. The van der Waals surface area contributed by atoms with Crippen LogP contribution in [0, 0.1) is 5.41 Å². The average molecular weight is 483 g/mol. The molecule has 0 N–H and O–H groups in total. The Morgan fingerprint density at radius 1 is 1.09 bits per heavy atom. The Morgan fingerprint density at radius 2 is 1.73 bits per heavy atom. The molecule has 1 atom stereocenters. The van der Waals surface area contributed by atoms with Gasteiger partial charge in [-0.25, -0.2) is 9.59 Å². The third-order valence-electron chi connectivity index (χ3n) is 6.01. The molecule has 1 aromatic carbocycles. The van der Waals surface area contributed by atoms with Gasteiger partial charge in [-0.15, -0.1) is 0 Å². The van der Waals surface area contributed by atoms with Crippen LogP contribution in [-0.4, -0.2) is 74.5 Å². The van der Waals surface area contributed by atoms with E-state index >= 15 is 0 Å². The maximum Gasteiger partial charge on any atom is 0.410 e. The zero-order valence-electron chi connectivity index (χ0n) is 19.8. The van der Waals surface area contributed by atoms with Crippen molar-refractivity contribution in [1.29, 1.82) is 0 Å². The second-order valence-corrected chi connectivity index (χ2v) is 11.6. The molecule has 0 saturated carbocycles. The van der Waals surface area contributed by atoms with Crippen LogP contribution in [0.15, 0.2) is 30.3 Å². The van der Waals surface area contributed by atoms with E-state index in [-0.39, 0.29) is 24.7 Å². The molecule has 1 unspecified atom stereocenters. The Morgan fingerprint density at radius 3 is 2.30 bits per heavy atom. The molecule has 2 amide bonds. The number of hydrogen-bond acceptors (Lipinski definition) is 7. The number of rotatable bonds is 5. The molecule has 0 aliphatic carbocycles. The van der Waals surface area contributed by atoms with Gasteiger partial charge in [0.05, 0.1) is 18.9 Å². The second-order valence-electron chi connectivity index (χ2n) is 9.98. The molecule has 184 valence electrons. The first-order valence-electron chi connectivity index (χ1n) is 11.2. The van der Waals surface area contributed by atoms with E-state index in [2.05, 4.69) is 0 Å². The summed E-state index contributed by atoms with van der Waals surface area (Å²) in [5.41, 5.74) is 0.0809. The zero-order valence-corrected chi connectivity index (χ0v) is 20.6. The summed E-state index contributed by atoms with van der Waals surface area (Å²) in [6.45, 7) is 6.98. The topological polar surface area (TPSA) is 102 Å². The Kier molecular flexibility index (Phi) is 7.58. The van der Waals surface area contributed by atoms with Crippen LogP contribution in [0.3, 0.4) is 0 Å². The van der Waals surface area contributed by atoms with Gasteiger partial charge in [0.1, 0.15) is 12.2 Å². The first-order chi connectivity index (χ1) is 15.4. The second kappa shape index (κ2) is 9.89. The molecule has 2 aliphatic heterocycles. The molecule has 0 aromatic heterocycles. The summed E-state index contributed by atoms with van der Waals surface area (Å²) in [6, 6.07) is 8.95. The molecule has 2 heterocycles. The summed E-state index contributed by atoms with van der Waals surface area (Å²) < 4.78 is 39.2. The molecule has 2 aliphatic rings. The van der Waals surface area contributed by atoms with Gasteiger partial charge in [-0.3, -0.25) is 4.18 Å². The van der Waals surface area contributed by atoms with Crippen molar-refractivity contribution in [2.45, 2.75) is 58.3 Å². The van der Waals surface area contributed by atoms with Gasteiger partial charge in [0.2, 0.25) is 0 Å². The van der Waals surface area contributed by atoms with Gasteiger partial charge in [-0.05, 0) is 51.0 Å². The van der Waals surface area contributed by atoms with E-state index in [0.717, 1.165) is 11.8 Å². The lowest BCUT2D eigenvalue weighted by molar-refractivity contribution is 0.0106. The van der Waals surface area contributed by atoms with Crippen LogP contribution in [0.1, 0.15) is 45.6 Å². The summed E-state index contributed by atoms with van der Waals surface area (Å²) in [6.07, 6.45) is 2.12. The van der Waals surface area contributed by atoms with E-state index in [1.807, 2.05) is 51.1 Å². The molecule has 10 heteroatoms. The van der Waals surface area contributed by atoms with E-state index in [9.17, 15) is 18.0 Å². The minimum Gasteiger partial charge on any atom is -0.445 e. The van der Waals surface area contributed by atoms with Gasteiger partial charge in [-0.2, -0.15) is 8.42 Å². The van der Waals surface area contributed by atoms with Crippen molar-refractivity contribution in [3.8, 4) is 0 Å². The molecule has 2 fully saturated rings. The zero-order chi connectivity index (χ0) is 24.3. The van der Waals surface area contributed by atoms with Crippen molar-refractivity contribution < 1.29 is 31.7 Å². The Balaban J connectivity index is 1.65. The third kappa shape index (κ3) is 7.33. The summed E-state index contributed by atoms with van der Waals surface area (Å²) in [4.78, 5) is 28.6. The summed E-state index contributed by atoms with van der Waals surface area (Å²) in [5, 5.41) is 0. The van der Waals surface area contributed by atoms with Crippen molar-refractivity contribution in [3.63, 3.8) is 0 Å². The minimum absolute atomic E-state index is 0.114. The van der Waals surface area contributed by atoms with Crippen LogP contribution in [0.4, 0.5) is 9.59 Å². The van der Waals surface area contributed by atoms with E-state index in [1.54, 1.807) is 9.80 Å². The highest BCUT2D eigenvalue weighted by molar-refractivity contribution is 7.85. The predicted molar refractivity (Wildman–Crippen MR) is 122 cm³/mol. The van der Waals surface area contributed by atoms with Crippen LogP contribution < -0.4 is 0 Å². The number of piperidine rings is 1. The largest absolute Gasteiger partial charge is 0.445 e. The lowest BCUT2D eigenvalue weighted by Crippen LogP contribution is -2.46. The Hall–Kier alpha value is -2.33. The lowest BCUT2D eigenvalue weighted by atomic mass is 9.77. The number of amides is 2. The van der Waals surface area contributed by atoms with Gasteiger partial charge in [0.15, 0.2) is 0 Å². The van der Waals surface area contributed by atoms with Crippen LogP contribution in [-0.2, 0) is 30.4 Å².